The molecule has 1 N–H and O–H groups in total. The molecule has 1 aromatic carbocycles. The highest BCUT2D eigenvalue weighted by Crippen LogP contribution is 2.26. The van der Waals surface area contributed by atoms with Crippen molar-refractivity contribution in [1.82, 2.24) is 0 Å². The highest BCUT2D eigenvalue weighted by molar-refractivity contribution is 7.99. The second-order valence-corrected chi connectivity index (χ2v) is 5.59. The van der Waals surface area contributed by atoms with Crippen molar-refractivity contribution < 1.29 is 17.2 Å². The molecule has 0 saturated carbocycles. The SMILES string of the molecule is CS(=O)(=O)Nc1ccc(SC(F)F)cc1. The zero-order valence-corrected chi connectivity index (χ0v) is 9.41. The van der Waals surface area contributed by atoms with Crippen molar-refractivity contribution in [2.24, 2.45) is 0 Å². The minimum absolute atomic E-state index is 0.358. The Morgan fingerprint density at radius 1 is 1.27 bits per heavy atom. The summed E-state index contributed by atoms with van der Waals surface area (Å²) in [5, 5.41) is 0. The summed E-state index contributed by atoms with van der Waals surface area (Å²) in [7, 11) is -3.32. The zero-order chi connectivity index (χ0) is 11.5. The molecular formula is C8H9F2NO2S2. The largest absolute Gasteiger partial charge is 0.288 e. The molecule has 0 radical (unpaired) electrons. The fourth-order valence-electron chi connectivity index (χ4n) is 0.918. The average Bonchev–Trinajstić information content (AvgIpc) is 2.05. The monoisotopic (exact) mass is 253 g/mol. The highest BCUT2D eigenvalue weighted by Gasteiger charge is 2.06. The van der Waals surface area contributed by atoms with Crippen LogP contribution in [0.2, 0.25) is 0 Å². The molecule has 0 atom stereocenters. The molecule has 0 spiro atoms. The maximum absolute atomic E-state index is 11.9. The summed E-state index contributed by atoms with van der Waals surface area (Å²) in [6.07, 6.45) is 1.02. The summed E-state index contributed by atoms with van der Waals surface area (Å²) in [4.78, 5) is 0.393. The van der Waals surface area contributed by atoms with E-state index in [-0.39, 0.29) is 0 Å². The van der Waals surface area contributed by atoms with Gasteiger partial charge in [0, 0.05) is 10.6 Å². The van der Waals surface area contributed by atoms with Crippen LogP contribution < -0.4 is 4.72 Å². The molecule has 0 unspecified atom stereocenters. The third-order valence-corrected chi connectivity index (χ3v) is 2.71. The summed E-state index contributed by atoms with van der Waals surface area (Å²) in [5.41, 5.74) is 0.358. The van der Waals surface area contributed by atoms with Gasteiger partial charge in [0.05, 0.1) is 6.26 Å². The fraction of sp³-hybridized carbons (Fsp3) is 0.250. The summed E-state index contributed by atoms with van der Waals surface area (Å²) in [5.74, 6) is -2.47. The number of thioether (sulfide) groups is 1. The molecule has 1 aromatic rings. The van der Waals surface area contributed by atoms with Gasteiger partial charge in [-0.25, -0.2) is 8.42 Å². The average molecular weight is 253 g/mol. The van der Waals surface area contributed by atoms with Gasteiger partial charge in [0.15, 0.2) is 0 Å². The highest BCUT2D eigenvalue weighted by atomic mass is 32.2. The minimum atomic E-state index is -3.32. The number of nitrogens with one attached hydrogen (secondary N) is 1. The summed E-state index contributed by atoms with van der Waals surface area (Å²) in [6.45, 7) is 0. The Morgan fingerprint density at radius 2 is 1.80 bits per heavy atom. The van der Waals surface area contributed by atoms with E-state index in [1.165, 1.54) is 24.3 Å². The summed E-state index contributed by atoms with van der Waals surface area (Å²) < 4.78 is 47.8. The third kappa shape index (κ3) is 4.98. The number of alkyl halides is 2. The van der Waals surface area contributed by atoms with Crippen molar-refractivity contribution >= 4 is 27.5 Å². The number of hydrogen-bond acceptors (Lipinski definition) is 3. The molecule has 0 heterocycles. The van der Waals surface area contributed by atoms with E-state index in [0.29, 0.717) is 22.3 Å². The second kappa shape index (κ2) is 4.80. The first-order valence-corrected chi connectivity index (χ1v) is 6.66. The summed E-state index contributed by atoms with van der Waals surface area (Å²) >= 11 is 0.415. The lowest BCUT2D eigenvalue weighted by Crippen LogP contribution is -2.09. The number of benzene rings is 1. The Hall–Kier alpha value is -0.820. The normalized spacial score (nSPS) is 11.7. The molecule has 0 aliphatic heterocycles. The first-order chi connectivity index (χ1) is 6.87. The number of sulfonamides is 1. The van der Waals surface area contributed by atoms with Crippen molar-refractivity contribution in [3.63, 3.8) is 0 Å². The van der Waals surface area contributed by atoms with Gasteiger partial charge in [0.1, 0.15) is 0 Å². The van der Waals surface area contributed by atoms with E-state index >= 15 is 0 Å². The molecule has 1 rings (SSSR count). The topological polar surface area (TPSA) is 46.2 Å². The van der Waals surface area contributed by atoms with Crippen LogP contribution in [0.25, 0.3) is 0 Å². The quantitative estimate of drug-likeness (QED) is 0.838. The fourth-order valence-corrected chi connectivity index (χ4v) is 1.98. The Labute approximate surface area is 90.9 Å². The van der Waals surface area contributed by atoms with Crippen molar-refractivity contribution in [2.75, 3.05) is 11.0 Å². The van der Waals surface area contributed by atoms with Crippen LogP contribution in [0.4, 0.5) is 14.5 Å². The Bertz CT molecular complexity index is 417. The first-order valence-electron chi connectivity index (χ1n) is 3.89. The van der Waals surface area contributed by atoms with Crippen LogP contribution in [0.5, 0.6) is 0 Å². The molecular weight excluding hydrogens is 244 g/mol. The van der Waals surface area contributed by atoms with Crippen LogP contribution >= 0.6 is 11.8 Å². The van der Waals surface area contributed by atoms with E-state index in [1.54, 1.807) is 0 Å². The minimum Gasteiger partial charge on any atom is -0.284 e. The van der Waals surface area contributed by atoms with Crippen LogP contribution in [-0.2, 0) is 10.0 Å². The van der Waals surface area contributed by atoms with Gasteiger partial charge in [0.2, 0.25) is 10.0 Å². The predicted octanol–water partition coefficient (Wildman–Crippen LogP) is 2.37. The van der Waals surface area contributed by atoms with E-state index in [2.05, 4.69) is 4.72 Å². The van der Waals surface area contributed by atoms with Gasteiger partial charge >= 0.3 is 0 Å². The van der Waals surface area contributed by atoms with Crippen LogP contribution in [-0.4, -0.2) is 20.4 Å². The van der Waals surface area contributed by atoms with E-state index in [1.807, 2.05) is 0 Å². The van der Waals surface area contributed by atoms with Gasteiger partial charge in [0.25, 0.3) is 5.76 Å². The third-order valence-electron chi connectivity index (χ3n) is 1.38. The summed E-state index contributed by atoms with van der Waals surface area (Å²) in [6, 6.07) is 5.74. The molecule has 0 aliphatic rings. The van der Waals surface area contributed by atoms with Crippen LogP contribution in [0, 0.1) is 0 Å². The number of rotatable bonds is 4. The van der Waals surface area contributed by atoms with Crippen LogP contribution in [0.15, 0.2) is 29.2 Å². The lowest BCUT2D eigenvalue weighted by molar-refractivity contribution is 0.252. The lowest BCUT2D eigenvalue weighted by Gasteiger charge is -2.04. The van der Waals surface area contributed by atoms with E-state index in [9.17, 15) is 17.2 Å². The molecule has 0 fully saturated rings. The second-order valence-electron chi connectivity index (χ2n) is 2.78. The van der Waals surface area contributed by atoms with Gasteiger partial charge in [-0.05, 0) is 24.3 Å². The number of hydrogen-bond donors (Lipinski definition) is 1. The van der Waals surface area contributed by atoms with Crippen molar-refractivity contribution in [3.05, 3.63) is 24.3 Å². The standard InChI is InChI=1S/C8H9F2NO2S2/c1-15(12,13)11-6-2-4-7(5-3-6)14-8(9)10/h2-5,8,11H,1H3. The lowest BCUT2D eigenvalue weighted by atomic mass is 10.3. The predicted molar refractivity (Wildman–Crippen MR) is 56.8 cm³/mol. The van der Waals surface area contributed by atoms with Gasteiger partial charge in [-0.3, -0.25) is 4.72 Å². The number of anilines is 1. The molecule has 3 nitrogen and oxygen atoms in total. The van der Waals surface area contributed by atoms with Crippen LogP contribution in [0.3, 0.4) is 0 Å². The molecule has 0 aliphatic carbocycles. The van der Waals surface area contributed by atoms with Crippen molar-refractivity contribution in [2.45, 2.75) is 10.7 Å². The van der Waals surface area contributed by atoms with Gasteiger partial charge in [-0.15, -0.1) is 0 Å². The van der Waals surface area contributed by atoms with E-state index < -0.39 is 15.8 Å². The van der Waals surface area contributed by atoms with Crippen molar-refractivity contribution in [3.8, 4) is 0 Å². The molecule has 0 saturated heterocycles. The molecule has 7 heteroatoms. The van der Waals surface area contributed by atoms with E-state index in [4.69, 9.17) is 0 Å². The first kappa shape index (κ1) is 12.3. The Kier molecular flexibility index (Phi) is 3.92. The Balaban J connectivity index is 2.73. The maximum atomic E-state index is 11.9. The Morgan fingerprint density at radius 3 is 2.20 bits per heavy atom. The molecule has 0 bridgehead atoms. The van der Waals surface area contributed by atoms with E-state index in [0.717, 1.165) is 6.26 Å². The van der Waals surface area contributed by atoms with Gasteiger partial charge < -0.3 is 0 Å². The maximum Gasteiger partial charge on any atom is 0.288 e. The van der Waals surface area contributed by atoms with Gasteiger partial charge in [-0.2, -0.15) is 8.78 Å². The molecule has 15 heavy (non-hydrogen) atoms. The molecule has 0 amide bonds. The number of halogens is 2. The van der Waals surface area contributed by atoms with Crippen molar-refractivity contribution in [1.29, 1.82) is 0 Å². The van der Waals surface area contributed by atoms with Gasteiger partial charge in [-0.1, -0.05) is 11.8 Å². The van der Waals surface area contributed by atoms with Crippen LogP contribution in [0.1, 0.15) is 0 Å². The zero-order valence-electron chi connectivity index (χ0n) is 7.78. The molecule has 0 aromatic heterocycles. The molecule has 84 valence electrons. The smallest absolute Gasteiger partial charge is 0.284 e.